The Morgan fingerprint density at radius 3 is 2.83 bits per heavy atom. The summed E-state index contributed by atoms with van der Waals surface area (Å²) in [7, 11) is 0. The molecule has 1 aliphatic heterocycles. The Hall–Kier alpha value is -1.55. The summed E-state index contributed by atoms with van der Waals surface area (Å²) in [6.07, 6.45) is 1.78. The van der Waals surface area contributed by atoms with Crippen molar-refractivity contribution in [3.63, 3.8) is 0 Å². The first-order chi connectivity index (χ1) is 8.48. The summed E-state index contributed by atoms with van der Waals surface area (Å²) in [5.41, 5.74) is 0.864. The van der Waals surface area contributed by atoms with Crippen LogP contribution in [0.4, 0.5) is 5.69 Å². The Morgan fingerprint density at radius 2 is 2.17 bits per heavy atom. The van der Waals surface area contributed by atoms with E-state index in [4.69, 9.17) is 9.84 Å². The lowest BCUT2D eigenvalue weighted by atomic mass is 9.93. The molecular formula is C14H19NO3. The van der Waals surface area contributed by atoms with Crippen molar-refractivity contribution in [2.24, 2.45) is 0 Å². The van der Waals surface area contributed by atoms with Gasteiger partial charge in [-0.25, -0.2) is 4.79 Å². The zero-order valence-corrected chi connectivity index (χ0v) is 10.8. The van der Waals surface area contributed by atoms with Crippen molar-refractivity contribution < 1.29 is 14.6 Å². The lowest BCUT2D eigenvalue weighted by Gasteiger charge is -2.36. The second-order valence-electron chi connectivity index (χ2n) is 5.29. The molecule has 0 radical (unpaired) electrons. The van der Waals surface area contributed by atoms with E-state index in [1.165, 1.54) is 0 Å². The van der Waals surface area contributed by atoms with Crippen LogP contribution in [-0.4, -0.2) is 29.3 Å². The molecule has 1 saturated heterocycles. The van der Waals surface area contributed by atoms with E-state index in [9.17, 15) is 4.79 Å². The number of benzene rings is 1. The molecule has 1 unspecified atom stereocenters. The first-order valence-electron chi connectivity index (χ1n) is 6.21. The SMILES string of the molecule is CC1(C)CC(Nc2ccccc2C(=O)O)CCO1. The number of nitrogens with one attached hydrogen (secondary N) is 1. The molecule has 2 N–H and O–H groups in total. The van der Waals surface area contributed by atoms with Crippen molar-refractivity contribution in [3.8, 4) is 0 Å². The van der Waals surface area contributed by atoms with E-state index in [0.717, 1.165) is 12.8 Å². The van der Waals surface area contributed by atoms with Crippen molar-refractivity contribution in [1.82, 2.24) is 0 Å². The van der Waals surface area contributed by atoms with E-state index in [1.807, 2.05) is 12.1 Å². The summed E-state index contributed by atoms with van der Waals surface area (Å²) >= 11 is 0. The van der Waals surface area contributed by atoms with Crippen LogP contribution in [0.5, 0.6) is 0 Å². The fourth-order valence-corrected chi connectivity index (χ4v) is 2.37. The molecule has 4 nitrogen and oxygen atoms in total. The molecule has 0 amide bonds. The summed E-state index contributed by atoms with van der Waals surface area (Å²) in [4.78, 5) is 11.1. The average molecular weight is 249 g/mol. The van der Waals surface area contributed by atoms with Gasteiger partial charge in [0, 0.05) is 18.3 Å². The van der Waals surface area contributed by atoms with Crippen LogP contribution in [0.15, 0.2) is 24.3 Å². The van der Waals surface area contributed by atoms with Crippen LogP contribution in [0, 0.1) is 0 Å². The van der Waals surface area contributed by atoms with Crippen LogP contribution >= 0.6 is 0 Å². The first kappa shape index (κ1) is 12.9. The molecule has 1 atom stereocenters. The van der Waals surface area contributed by atoms with Gasteiger partial charge in [0.15, 0.2) is 0 Å². The number of hydrogen-bond acceptors (Lipinski definition) is 3. The number of carboxylic acid groups (broad SMARTS) is 1. The molecule has 0 aromatic heterocycles. The maximum absolute atomic E-state index is 11.1. The van der Waals surface area contributed by atoms with Gasteiger partial charge in [0.2, 0.25) is 0 Å². The summed E-state index contributed by atoms with van der Waals surface area (Å²) in [6.45, 7) is 4.83. The van der Waals surface area contributed by atoms with Crippen LogP contribution in [0.3, 0.4) is 0 Å². The highest BCUT2D eigenvalue weighted by atomic mass is 16.5. The van der Waals surface area contributed by atoms with Gasteiger partial charge >= 0.3 is 5.97 Å². The monoisotopic (exact) mass is 249 g/mol. The van der Waals surface area contributed by atoms with Crippen molar-refractivity contribution in [2.75, 3.05) is 11.9 Å². The molecule has 0 spiro atoms. The quantitative estimate of drug-likeness (QED) is 0.864. The fraction of sp³-hybridized carbons (Fsp3) is 0.500. The predicted octanol–water partition coefficient (Wildman–Crippen LogP) is 2.75. The van der Waals surface area contributed by atoms with Gasteiger partial charge in [-0.2, -0.15) is 0 Å². The maximum Gasteiger partial charge on any atom is 0.337 e. The summed E-state index contributed by atoms with van der Waals surface area (Å²) in [5.74, 6) is -0.899. The van der Waals surface area contributed by atoms with Gasteiger partial charge in [0.1, 0.15) is 0 Å². The maximum atomic E-state index is 11.1. The van der Waals surface area contributed by atoms with E-state index in [0.29, 0.717) is 17.9 Å². The third-order valence-electron chi connectivity index (χ3n) is 3.21. The third-order valence-corrected chi connectivity index (χ3v) is 3.21. The smallest absolute Gasteiger partial charge is 0.337 e. The predicted molar refractivity (Wildman–Crippen MR) is 70.1 cm³/mol. The van der Waals surface area contributed by atoms with E-state index in [-0.39, 0.29) is 11.6 Å². The molecule has 4 heteroatoms. The summed E-state index contributed by atoms with van der Waals surface area (Å²) in [6, 6.07) is 7.28. The molecule has 1 aliphatic rings. The molecule has 0 aliphatic carbocycles. The van der Waals surface area contributed by atoms with Gasteiger partial charge in [-0.15, -0.1) is 0 Å². The summed E-state index contributed by atoms with van der Waals surface area (Å²) in [5, 5.41) is 12.5. The number of rotatable bonds is 3. The zero-order chi connectivity index (χ0) is 13.2. The average Bonchev–Trinajstić information content (AvgIpc) is 2.28. The topological polar surface area (TPSA) is 58.6 Å². The second-order valence-corrected chi connectivity index (χ2v) is 5.29. The number of anilines is 1. The molecule has 18 heavy (non-hydrogen) atoms. The van der Waals surface area contributed by atoms with E-state index in [2.05, 4.69) is 19.2 Å². The van der Waals surface area contributed by atoms with E-state index < -0.39 is 5.97 Å². The lowest BCUT2D eigenvalue weighted by Crippen LogP contribution is -2.40. The Morgan fingerprint density at radius 1 is 1.44 bits per heavy atom. The minimum Gasteiger partial charge on any atom is -0.478 e. The van der Waals surface area contributed by atoms with Gasteiger partial charge in [-0.05, 0) is 38.8 Å². The molecule has 98 valence electrons. The van der Waals surface area contributed by atoms with E-state index >= 15 is 0 Å². The molecular weight excluding hydrogens is 230 g/mol. The standard InChI is InChI=1S/C14H19NO3/c1-14(2)9-10(7-8-18-14)15-12-6-4-3-5-11(12)13(16)17/h3-6,10,15H,7-9H2,1-2H3,(H,16,17). The van der Waals surface area contributed by atoms with Crippen LogP contribution in [0.2, 0.25) is 0 Å². The highest BCUT2D eigenvalue weighted by Gasteiger charge is 2.29. The van der Waals surface area contributed by atoms with Crippen molar-refractivity contribution in [2.45, 2.75) is 38.3 Å². The molecule has 1 aromatic carbocycles. The Balaban J connectivity index is 2.12. The first-order valence-corrected chi connectivity index (χ1v) is 6.21. The Bertz CT molecular complexity index is 442. The number of carboxylic acids is 1. The Labute approximate surface area is 107 Å². The van der Waals surface area contributed by atoms with Crippen LogP contribution in [-0.2, 0) is 4.74 Å². The van der Waals surface area contributed by atoms with Gasteiger partial charge < -0.3 is 15.2 Å². The van der Waals surface area contributed by atoms with Gasteiger partial charge in [-0.3, -0.25) is 0 Å². The van der Waals surface area contributed by atoms with Gasteiger partial charge in [0.05, 0.1) is 11.2 Å². The van der Waals surface area contributed by atoms with Crippen molar-refractivity contribution >= 4 is 11.7 Å². The molecule has 1 fully saturated rings. The second kappa shape index (κ2) is 4.98. The minimum absolute atomic E-state index is 0.145. The van der Waals surface area contributed by atoms with Gasteiger partial charge in [0.25, 0.3) is 0 Å². The van der Waals surface area contributed by atoms with Gasteiger partial charge in [-0.1, -0.05) is 12.1 Å². The minimum atomic E-state index is -0.899. The molecule has 1 aromatic rings. The highest BCUT2D eigenvalue weighted by Crippen LogP contribution is 2.27. The number of para-hydroxylation sites is 1. The van der Waals surface area contributed by atoms with Crippen LogP contribution < -0.4 is 5.32 Å². The van der Waals surface area contributed by atoms with E-state index in [1.54, 1.807) is 12.1 Å². The normalized spacial score (nSPS) is 22.4. The number of ether oxygens (including phenoxy) is 1. The third kappa shape index (κ3) is 3.01. The number of hydrogen-bond donors (Lipinski definition) is 2. The number of aromatic carboxylic acids is 1. The van der Waals surface area contributed by atoms with Crippen LogP contribution in [0.25, 0.3) is 0 Å². The summed E-state index contributed by atoms with van der Waals surface area (Å²) < 4.78 is 5.65. The van der Waals surface area contributed by atoms with Crippen LogP contribution in [0.1, 0.15) is 37.0 Å². The molecule has 2 rings (SSSR count). The molecule has 0 saturated carbocycles. The van der Waals surface area contributed by atoms with Crippen molar-refractivity contribution in [3.05, 3.63) is 29.8 Å². The largest absolute Gasteiger partial charge is 0.478 e. The number of carbonyl (C=O) groups is 1. The molecule has 1 heterocycles. The Kier molecular flexibility index (Phi) is 3.57. The van der Waals surface area contributed by atoms with Crippen molar-refractivity contribution in [1.29, 1.82) is 0 Å². The fourth-order valence-electron chi connectivity index (χ4n) is 2.37. The zero-order valence-electron chi connectivity index (χ0n) is 10.8. The lowest BCUT2D eigenvalue weighted by molar-refractivity contribution is -0.0553. The molecule has 0 bridgehead atoms. The highest BCUT2D eigenvalue weighted by molar-refractivity contribution is 5.94.